The number of halogens is 2. The summed E-state index contributed by atoms with van der Waals surface area (Å²) in [5, 5.41) is 3.25. The molecule has 3 nitrogen and oxygen atoms in total. The lowest BCUT2D eigenvalue weighted by Gasteiger charge is -2.07. The number of alkyl halides is 2. The van der Waals surface area contributed by atoms with Crippen LogP contribution in [0.4, 0.5) is 8.78 Å². The van der Waals surface area contributed by atoms with Gasteiger partial charge in [-0.1, -0.05) is 18.2 Å². The molecule has 1 aromatic carbocycles. The number of pyridine rings is 1. The molecule has 0 fully saturated rings. The summed E-state index contributed by atoms with van der Waals surface area (Å²) >= 11 is 0. The van der Waals surface area contributed by atoms with Gasteiger partial charge >= 0.3 is 6.61 Å². The van der Waals surface area contributed by atoms with Gasteiger partial charge in [0.15, 0.2) is 0 Å². The van der Waals surface area contributed by atoms with Gasteiger partial charge in [-0.05, 0) is 36.2 Å². The Morgan fingerprint density at radius 1 is 1.10 bits per heavy atom. The Morgan fingerprint density at radius 2 is 1.85 bits per heavy atom. The molecule has 0 aliphatic rings. The number of rotatable bonds is 6. The van der Waals surface area contributed by atoms with Crippen molar-refractivity contribution < 1.29 is 13.5 Å². The van der Waals surface area contributed by atoms with E-state index in [1.54, 1.807) is 12.1 Å². The van der Waals surface area contributed by atoms with Crippen LogP contribution in [0.1, 0.15) is 16.8 Å². The average Bonchev–Trinajstić information content (AvgIpc) is 2.42. The highest BCUT2D eigenvalue weighted by Crippen LogP contribution is 2.14. The smallest absolute Gasteiger partial charge is 0.387 e. The van der Waals surface area contributed by atoms with Crippen molar-refractivity contribution in [3.63, 3.8) is 0 Å². The molecule has 1 N–H and O–H groups in total. The van der Waals surface area contributed by atoms with Crippen LogP contribution < -0.4 is 10.1 Å². The zero-order valence-corrected chi connectivity index (χ0v) is 11.1. The van der Waals surface area contributed by atoms with Crippen molar-refractivity contribution >= 4 is 0 Å². The van der Waals surface area contributed by atoms with E-state index < -0.39 is 6.61 Å². The van der Waals surface area contributed by atoms with E-state index in [2.05, 4.69) is 15.0 Å². The third-order valence-corrected chi connectivity index (χ3v) is 2.76. The number of hydrogen-bond donors (Lipinski definition) is 1. The molecule has 1 heterocycles. The summed E-state index contributed by atoms with van der Waals surface area (Å²) < 4.78 is 28.3. The van der Waals surface area contributed by atoms with Crippen molar-refractivity contribution in [2.45, 2.75) is 26.6 Å². The molecule has 0 atom stereocenters. The summed E-state index contributed by atoms with van der Waals surface area (Å²) in [6, 6.07) is 10.6. The predicted octanol–water partition coefficient (Wildman–Crippen LogP) is 3.28. The average molecular weight is 278 g/mol. The third-order valence-electron chi connectivity index (χ3n) is 2.76. The van der Waals surface area contributed by atoms with Gasteiger partial charge in [0.1, 0.15) is 5.75 Å². The lowest BCUT2D eigenvalue weighted by molar-refractivity contribution is -0.0498. The fraction of sp³-hybridized carbons (Fsp3) is 0.267. The topological polar surface area (TPSA) is 34.1 Å². The minimum Gasteiger partial charge on any atom is -0.435 e. The molecule has 0 unspecified atom stereocenters. The first kappa shape index (κ1) is 14.4. The minimum absolute atomic E-state index is 0.170. The minimum atomic E-state index is -2.79. The van der Waals surface area contributed by atoms with Gasteiger partial charge in [-0.2, -0.15) is 8.78 Å². The first-order chi connectivity index (χ1) is 9.63. The van der Waals surface area contributed by atoms with Gasteiger partial charge in [0.05, 0.1) is 5.69 Å². The number of aromatic nitrogens is 1. The van der Waals surface area contributed by atoms with Crippen LogP contribution in [0.5, 0.6) is 5.75 Å². The Balaban J connectivity index is 1.80. The van der Waals surface area contributed by atoms with Crippen molar-refractivity contribution in [3.05, 3.63) is 59.4 Å². The Labute approximate surface area is 116 Å². The molecule has 0 bridgehead atoms. The van der Waals surface area contributed by atoms with Crippen LogP contribution in [0.25, 0.3) is 0 Å². The summed E-state index contributed by atoms with van der Waals surface area (Å²) in [5.74, 6) is 0.170. The number of ether oxygens (including phenoxy) is 1. The lowest BCUT2D eigenvalue weighted by Crippen LogP contribution is -2.13. The van der Waals surface area contributed by atoms with Gasteiger partial charge in [0, 0.05) is 19.3 Å². The quantitative estimate of drug-likeness (QED) is 0.880. The summed E-state index contributed by atoms with van der Waals surface area (Å²) in [4.78, 5) is 4.29. The lowest BCUT2D eigenvalue weighted by atomic mass is 10.2. The van der Waals surface area contributed by atoms with Gasteiger partial charge in [-0.15, -0.1) is 0 Å². The van der Waals surface area contributed by atoms with Crippen molar-refractivity contribution in [1.82, 2.24) is 10.3 Å². The maximum Gasteiger partial charge on any atom is 0.387 e. The molecule has 20 heavy (non-hydrogen) atoms. The van der Waals surface area contributed by atoms with Gasteiger partial charge < -0.3 is 10.1 Å². The summed E-state index contributed by atoms with van der Waals surface area (Å²) in [5.41, 5.74) is 3.09. The zero-order chi connectivity index (χ0) is 14.4. The fourth-order valence-electron chi connectivity index (χ4n) is 1.73. The number of aryl methyl sites for hydroxylation is 1. The molecule has 2 aromatic rings. The van der Waals surface area contributed by atoms with E-state index in [1.165, 1.54) is 12.1 Å². The SMILES string of the molecule is Cc1ccc(CNCc2ccc(OC(F)F)cc2)nc1. The highest BCUT2D eigenvalue weighted by molar-refractivity contribution is 5.27. The van der Waals surface area contributed by atoms with E-state index in [0.717, 1.165) is 16.8 Å². The molecular formula is C15H16F2N2O. The Kier molecular flexibility index (Phi) is 5.01. The van der Waals surface area contributed by atoms with Gasteiger partial charge in [0.25, 0.3) is 0 Å². The van der Waals surface area contributed by atoms with E-state index in [-0.39, 0.29) is 5.75 Å². The van der Waals surface area contributed by atoms with E-state index >= 15 is 0 Å². The van der Waals surface area contributed by atoms with E-state index in [1.807, 2.05) is 25.3 Å². The van der Waals surface area contributed by atoms with Crippen LogP contribution in [-0.4, -0.2) is 11.6 Å². The van der Waals surface area contributed by atoms with Gasteiger partial charge in [-0.3, -0.25) is 4.98 Å². The van der Waals surface area contributed by atoms with Crippen LogP contribution in [0.3, 0.4) is 0 Å². The standard InChI is InChI=1S/C15H16F2N2O/c1-11-2-5-13(19-8-11)10-18-9-12-3-6-14(7-4-12)20-15(16)17/h2-8,15,18H,9-10H2,1H3. The van der Waals surface area contributed by atoms with Crippen LogP contribution in [-0.2, 0) is 13.1 Å². The molecule has 0 radical (unpaired) electrons. The molecule has 0 saturated carbocycles. The summed E-state index contributed by atoms with van der Waals surface area (Å²) in [6.45, 7) is 0.513. The van der Waals surface area contributed by atoms with E-state index in [0.29, 0.717) is 13.1 Å². The molecule has 0 amide bonds. The monoisotopic (exact) mass is 278 g/mol. The molecule has 0 aliphatic carbocycles. The summed E-state index contributed by atoms with van der Waals surface area (Å²) in [7, 11) is 0. The highest BCUT2D eigenvalue weighted by Gasteiger charge is 2.03. The second-order valence-electron chi connectivity index (χ2n) is 4.45. The zero-order valence-electron chi connectivity index (χ0n) is 11.1. The second-order valence-corrected chi connectivity index (χ2v) is 4.45. The first-order valence-corrected chi connectivity index (χ1v) is 6.29. The van der Waals surface area contributed by atoms with Crippen LogP contribution in [0.15, 0.2) is 42.6 Å². The molecule has 5 heteroatoms. The molecular weight excluding hydrogens is 262 g/mol. The Morgan fingerprint density at radius 3 is 2.45 bits per heavy atom. The Bertz CT molecular complexity index is 527. The number of nitrogens with one attached hydrogen (secondary N) is 1. The maximum absolute atomic E-state index is 12.0. The van der Waals surface area contributed by atoms with E-state index in [4.69, 9.17) is 0 Å². The number of benzene rings is 1. The fourth-order valence-corrected chi connectivity index (χ4v) is 1.73. The molecule has 1 aromatic heterocycles. The van der Waals surface area contributed by atoms with E-state index in [9.17, 15) is 8.78 Å². The molecule has 106 valence electrons. The molecule has 2 rings (SSSR count). The van der Waals surface area contributed by atoms with Crippen molar-refractivity contribution in [2.75, 3.05) is 0 Å². The summed E-state index contributed by atoms with van der Waals surface area (Å²) in [6.07, 6.45) is 1.83. The largest absolute Gasteiger partial charge is 0.435 e. The normalized spacial score (nSPS) is 10.8. The second kappa shape index (κ2) is 6.96. The van der Waals surface area contributed by atoms with Crippen LogP contribution >= 0.6 is 0 Å². The van der Waals surface area contributed by atoms with Crippen molar-refractivity contribution in [3.8, 4) is 5.75 Å². The molecule has 0 aliphatic heterocycles. The number of nitrogens with zero attached hydrogens (tertiary/aromatic N) is 1. The third kappa shape index (κ3) is 4.59. The molecule has 0 spiro atoms. The van der Waals surface area contributed by atoms with Gasteiger partial charge in [-0.25, -0.2) is 0 Å². The maximum atomic E-state index is 12.0. The predicted molar refractivity (Wildman–Crippen MR) is 72.6 cm³/mol. The van der Waals surface area contributed by atoms with Crippen molar-refractivity contribution in [2.24, 2.45) is 0 Å². The Hall–Kier alpha value is -2.01. The van der Waals surface area contributed by atoms with Crippen LogP contribution in [0, 0.1) is 6.92 Å². The van der Waals surface area contributed by atoms with Crippen molar-refractivity contribution in [1.29, 1.82) is 0 Å². The molecule has 0 saturated heterocycles. The van der Waals surface area contributed by atoms with Gasteiger partial charge in [0.2, 0.25) is 0 Å². The van der Waals surface area contributed by atoms with Crippen LogP contribution in [0.2, 0.25) is 0 Å². The number of hydrogen-bond acceptors (Lipinski definition) is 3. The first-order valence-electron chi connectivity index (χ1n) is 6.29. The highest BCUT2D eigenvalue weighted by atomic mass is 19.3.